The number of alkyl halides is 3. The van der Waals surface area contributed by atoms with Crippen molar-refractivity contribution in [2.75, 3.05) is 13.6 Å². The number of guanidine groups is 1. The van der Waals surface area contributed by atoms with Gasteiger partial charge in [0.2, 0.25) is 0 Å². The van der Waals surface area contributed by atoms with Gasteiger partial charge in [-0.3, -0.25) is 4.99 Å². The lowest BCUT2D eigenvalue weighted by molar-refractivity contribution is -0.132. The predicted octanol–water partition coefficient (Wildman–Crippen LogP) is 2.77. The van der Waals surface area contributed by atoms with E-state index in [-0.39, 0.29) is 36.6 Å². The minimum Gasteiger partial charge on any atom is -0.356 e. The number of nitrogens with one attached hydrogen (secondary N) is 2. The minimum atomic E-state index is -4.13. The van der Waals surface area contributed by atoms with Crippen molar-refractivity contribution in [2.45, 2.75) is 39.4 Å². The van der Waals surface area contributed by atoms with Crippen LogP contribution in [0.25, 0.3) is 0 Å². The van der Waals surface area contributed by atoms with Crippen molar-refractivity contribution in [1.29, 1.82) is 0 Å². The van der Waals surface area contributed by atoms with Crippen molar-refractivity contribution in [3.8, 4) is 0 Å². The third-order valence-electron chi connectivity index (χ3n) is 2.29. The second-order valence-electron chi connectivity index (χ2n) is 4.04. The van der Waals surface area contributed by atoms with Crippen LogP contribution in [0.5, 0.6) is 0 Å². The summed E-state index contributed by atoms with van der Waals surface area (Å²) in [4.78, 5) is 3.86. The number of rotatable bonds is 4. The van der Waals surface area contributed by atoms with Gasteiger partial charge in [-0.15, -0.1) is 24.0 Å². The van der Waals surface area contributed by atoms with E-state index in [9.17, 15) is 13.2 Å². The molecule has 0 aliphatic heterocycles. The number of aliphatic imine (C=N–C) groups is 1. The van der Waals surface area contributed by atoms with Gasteiger partial charge in [0.1, 0.15) is 0 Å². The van der Waals surface area contributed by atoms with Gasteiger partial charge in [0, 0.05) is 19.6 Å². The van der Waals surface area contributed by atoms with E-state index in [4.69, 9.17) is 0 Å². The van der Waals surface area contributed by atoms with Crippen LogP contribution < -0.4 is 10.6 Å². The monoisotopic (exact) mass is 367 g/mol. The summed E-state index contributed by atoms with van der Waals surface area (Å²) in [5, 5.41) is 5.65. The first-order valence-electron chi connectivity index (χ1n) is 5.30. The zero-order valence-corrected chi connectivity index (χ0v) is 12.9. The van der Waals surface area contributed by atoms with Gasteiger partial charge < -0.3 is 10.6 Å². The van der Waals surface area contributed by atoms with E-state index in [1.54, 1.807) is 0 Å². The average Bonchev–Trinajstić information content (AvgIpc) is 2.13. The Bertz CT molecular complexity index is 229. The van der Waals surface area contributed by atoms with Crippen molar-refractivity contribution < 1.29 is 13.2 Å². The van der Waals surface area contributed by atoms with Gasteiger partial charge >= 0.3 is 6.18 Å². The molecule has 0 saturated carbocycles. The van der Waals surface area contributed by atoms with E-state index >= 15 is 0 Å². The summed E-state index contributed by atoms with van der Waals surface area (Å²) in [6, 6.07) is 0.164. The lowest BCUT2D eigenvalue weighted by Gasteiger charge is -2.20. The first-order chi connectivity index (χ1) is 7.26. The summed E-state index contributed by atoms with van der Waals surface area (Å²) in [5.74, 6) is 0.798. The van der Waals surface area contributed by atoms with Crippen LogP contribution in [0.1, 0.15) is 27.2 Å². The van der Waals surface area contributed by atoms with Crippen molar-refractivity contribution in [2.24, 2.45) is 10.9 Å². The third kappa shape index (κ3) is 10.7. The van der Waals surface area contributed by atoms with Gasteiger partial charge in [0.15, 0.2) is 5.96 Å². The Morgan fingerprint density at radius 3 is 2.12 bits per heavy atom. The molecular weight excluding hydrogens is 346 g/mol. The molecule has 0 rings (SSSR count). The first-order valence-corrected chi connectivity index (χ1v) is 5.30. The smallest absolute Gasteiger partial charge is 0.356 e. The summed E-state index contributed by atoms with van der Waals surface area (Å²) in [6.45, 7) is 5.86. The molecule has 0 amide bonds. The van der Waals surface area contributed by atoms with Gasteiger partial charge in [-0.05, 0) is 12.8 Å². The van der Waals surface area contributed by atoms with E-state index in [0.29, 0.717) is 11.9 Å². The van der Waals surface area contributed by atoms with E-state index in [2.05, 4.69) is 15.6 Å². The second kappa shape index (κ2) is 8.82. The van der Waals surface area contributed by atoms with Crippen molar-refractivity contribution in [3.63, 3.8) is 0 Å². The number of halogens is 4. The molecule has 0 bridgehead atoms. The molecule has 0 spiro atoms. The number of nitrogens with zero attached hydrogens (tertiary/aromatic N) is 1. The van der Waals surface area contributed by atoms with E-state index in [0.717, 1.165) is 0 Å². The van der Waals surface area contributed by atoms with Crippen LogP contribution in [0.3, 0.4) is 0 Å². The molecule has 7 heteroatoms. The largest absolute Gasteiger partial charge is 0.390 e. The van der Waals surface area contributed by atoms with Gasteiger partial charge in [0.05, 0.1) is 6.42 Å². The molecule has 3 nitrogen and oxygen atoms in total. The fourth-order valence-electron chi connectivity index (χ4n) is 0.900. The lowest BCUT2D eigenvalue weighted by Crippen LogP contribution is -2.45. The number of hydrogen-bond acceptors (Lipinski definition) is 1. The zero-order chi connectivity index (χ0) is 12.8. The molecule has 2 N–H and O–H groups in total. The highest BCUT2D eigenvalue weighted by Gasteiger charge is 2.26. The zero-order valence-electron chi connectivity index (χ0n) is 10.6. The summed E-state index contributed by atoms with van der Waals surface area (Å²) in [5.41, 5.74) is 0. The molecule has 1 atom stereocenters. The third-order valence-corrected chi connectivity index (χ3v) is 2.29. The standard InChI is InChI=1S/C10H20F3N3.HI/c1-7(2)8(3)16-9(14-4)15-6-5-10(11,12)13;/h7-8H,5-6H2,1-4H3,(H2,14,15,16);1H. The number of hydrogen-bond donors (Lipinski definition) is 2. The molecule has 0 saturated heterocycles. The summed E-state index contributed by atoms with van der Waals surface area (Å²) >= 11 is 0. The van der Waals surface area contributed by atoms with Crippen LogP contribution in [0.2, 0.25) is 0 Å². The highest BCUT2D eigenvalue weighted by Crippen LogP contribution is 2.18. The Kier molecular flexibility index (Phi) is 9.93. The molecule has 0 aromatic carbocycles. The molecule has 104 valence electrons. The maximum absolute atomic E-state index is 11.9. The SMILES string of the molecule is CN=C(NCCC(F)(F)F)NC(C)C(C)C.I. The second-order valence-corrected chi connectivity index (χ2v) is 4.04. The Hall–Kier alpha value is -0.210. The Labute approximate surface area is 118 Å². The highest BCUT2D eigenvalue weighted by atomic mass is 127. The van der Waals surface area contributed by atoms with Crippen LogP contribution in [-0.4, -0.2) is 31.8 Å². The van der Waals surface area contributed by atoms with E-state index < -0.39 is 12.6 Å². The van der Waals surface area contributed by atoms with E-state index in [1.807, 2.05) is 20.8 Å². The molecule has 0 fully saturated rings. The topological polar surface area (TPSA) is 36.4 Å². The van der Waals surface area contributed by atoms with Crippen LogP contribution in [0, 0.1) is 5.92 Å². The van der Waals surface area contributed by atoms with Crippen molar-refractivity contribution in [3.05, 3.63) is 0 Å². The normalized spacial score (nSPS) is 14.2. The maximum atomic E-state index is 11.9. The van der Waals surface area contributed by atoms with Crippen molar-refractivity contribution in [1.82, 2.24) is 10.6 Å². The van der Waals surface area contributed by atoms with Gasteiger partial charge in [-0.25, -0.2) is 0 Å². The Morgan fingerprint density at radius 1 is 1.24 bits per heavy atom. The Morgan fingerprint density at radius 2 is 1.76 bits per heavy atom. The molecular formula is C10H21F3IN3. The fraction of sp³-hybridized carbons (Fsp3) is 0.900. The highest BCUT2D eigenvalue weighted by molar-refractivity contribution is 14.0. The first kappa shape index (κ1) is 19.1. The van der Waals surface area contributed by atoms with Gasteiger partial charge in [-0.2, -0.15) is 13.2 Å². The molecule has 1 unspecified atom stereocenters. The van der Waals surface area contributed by atoms with Crippen LogP contribution in [0.4, 0.5) is 13.2 Å². The Balaban J connectivity index is 0. The van der Waals surface area contributed by atoms with Crippen LogP contribution in [0.15, 0.2) is 4.99 Å². The molecule has 0 aromatic heterocycles. The average molecular weight is 367 g/mol. The van der Waals surface area contributed by atoms with Crippen LogP contribution in [-0.2, 0) is 0 Å². The van der Waals surface area contributed by atoms with E-state index in [1.165, 1.54) is 7.05 Å². The maximum Gasteiger partial charge on any atom is 0.390 e. The van der Waals surface area contributed by atoms with Crippen LogP contribution >= 0.6 is 24.0 Å². The minimum absolute atomic E-state index is 0. The molecule has 0 aliphatic rings. The predicted molar refractivity (Wildman–Crippen MR) is 74.9 cm³/mol. The molecule has 0 aromatic rings. The van der Waals surface area contributed by atoms with Gasteiger partial charge in [-0.1, -0.05) is 13.8 Å². The summed E-state index contributed by atoms with van der Waals surface area (Å²) < 4.78 is 35.7. The lowest BCUT2D eigenvalue weighted by atomic mass is 10.1. The molecule has 0 aliphatic carbocycles. The summed E-state index contributed by atoms with van der Waals surface area (Å²) in [7, 11) is 1.54. The van der Waals surface area contributed by atoms with Crippen molar-refractivity contribution >= 4 is 29.9 Å². The molecule has 0 radical (unpaired) electrons. The summed E-state index contributed by atoms with van der Waals surface area (Å²) in [6.07, 6.45) is -4.99. The quantitative estimate of drug-likeness (QED) is 0.456. The van der Waals surface area contributed by atoms with Gasteiger partial charge in [0.25, 0.3) is 0 Å². The fourth-order valence-corrected chi connectivity index (χ4v) is 0.900. The molecule has 0 heterocycles. The molecule has 17 heavy (non-hydrogen) atoms.